The molecule has 2 aromatic heterocycles. The summed E-state index contributed by atoms with van der Waals surface area (Å²) in [6.07, 6.45) is 1.62. The molecule has 0 unspecified atom stereocenters. The van der Waals surface area contributed by atoms with E-state index in [1.54, 1.807) is 19.1 Å². The van der Waals surface area contributed by atoms with Crippen LogP contribution in [0.2, 0.25) is 0 Å². The van der Waals surface area contributed by atoms with Crippen molar-refractivity contribution in [2.75, 3.05) is 25.0 Å². The van der Waals surface area contributed by atoms with Gasteiger partial charge in [-0.25, -0.2) is 19.2 Å². The van der Waals surface area contributed by atoms with Gasteiger partial charge in [-0.2, -0.15) is 0 Å². The second kappa shape index (κ2) is 9.42. The van der Waals surface area contributed by atoms with E-state index in [2.05, 4.69) is 20.6 Å². The number of aromatic nitrogens is 2. The van der Waals surface area contributed by atoms with Crippen LogP contribution >= 0.6 is 11.3 Å². The van der Waals surface area contributed by atoms with Crippen LogP contribution in [0, 0.1) is 12.7 Å². The molecule has 29 heavy (non-hydrogen) atoms. The Bertz CT molecular complexity index is 1020. The molecule has 3 aromatic rings. The van der Waals surface area contributed by atoms with Crippen LogP contribution in [0.15, 0.2) is 30.6 Å². The summed E-state index contributed by atoms with van der Waals surface area (Å²) in [5.74, 6) is -0.244. The Morgan fingerprint density at radius 2 is 1.93 bits per heavy atom. The molecule has 0 atom stereocenters. The number of carbonyl (C=O) groups excluding carboxylic acids is 2. The summed E-state index contributed by atoms with van der Waals surface area (Å²) in [6, 6.07) is 5.84. The molecule has 0 bridgehead atoms. The third-order valence-corrected chi connectivity index (χ3v) is 5.39. The highest BCUT2D eigenvalue weighted by Gasteiger charge is 2.20. The molecule has 0 fully saturated rings. The van der Waals surface area contributed by atoms with Crippen molar-refractivity contribution in [3.8, 4) is 0 Å². The van der Waals surface area contributed by atoms with E-state index in [-0.39, 0.29) is 24.1 Å². The van der Waals surface area contributed by atoms with E-state index in [0.29, 0.717) is 35.2 Å². The van der Waals surface area contributed by atoms with E-state index in [1.165, 1.54) is 29.8 Å². The Hall–Kier alpha value is -3.07. The van der Waals surface area contributed by atoms with Gasteiger partial charge in [-0.3, -0.25) is 4.79 Å². The maximum atomic E-state index is 12.9. The minimum Gasteiger partial charge on any atom is -0.462 e. The zero-order valence-electron chi connectivity index (χ0n) is 16.1. The minimum atomic E-state index is -0.369. The highest BCUT2D eigenvalue weighted by Crippen LogP contribution is 2.33. The fourth-order valence-electron chi connectivity index (χ4n) is 2.83. The van der Waals surface area contributed by atoms with Crippen LogP contribution in [0.1, 0.15) is 27.7 Å². The van der Waals surface area contributed by atoms with Crippen LogP contribution in [-0.4, -0.2) is 41.5 Å². The Kier molecular flexibility index (Phi) is 6.71. The second-order valence-electron chi connectivity index (χ2n) is 6.26. The van der Waals surface area contributed by atoms with Crippen LogP contribution in [0.3, 0.4) is 0 Å². The monoisotopic (exact) mass is 416 g/mol. The normalized spacial score (nSPS) is 10.7. The average Bonchev–Trinajstić information content (AvgIpc) is 3.05. The molecule has 7 nitrogen and oxygen atoms in total. The third kappa shape index (κ3) is 5.05. The fraction of sp³-hybridized carbons (Fsp3) is 0.300. The van der Waals surface area contributed by atoms with E-state index in [9.17, 15) is 14.0 Å². The number of nitrogens with zero attached hydrogens (tertiary/aromatic N) is 2. The standard InChI is InChI=1S/C20H21FN4O3S/c1-3-28-20(27)17-12(2)16-18(24-11-25-19(16)29-17)23-9-8-22-15(26)10-13-4-6-14(21)7-5-13/h4-7,11H,3,8-10H2,1-2H3,(H,22,26)(H,23,24,25). The number of hydrogen-bond acceptors (Lipinski definition) is 7. The van der Waals surface area contributed by atoms with Crippen LogP contribution in [0.4, 0.5) is 10.2 Å². The van der Waals surface area contributed by atoms with Gasteiger partial charge in [-0.1, -0.05) is 12.1 Å². The summed E-state index contributed by atoms with van der Waals surface area (Å²) in [5.41, 5.74) is 1.52. The highest BCUT2D eigenvalue weighted by atomic mass is 32.1. The highest BCUT2D eigenvalue weighted by molar-refractivity contribution is 7.20. The molecule has 3 rings (SSSR count). The van der Waals surface area contributed by atoms with Gasteiger partial charge in [0.1, 0.15) is 27.7 Å². The number of benzene rings is 1. The SMILES string of the molecule is CCOC(=O)c1sc2ncnc(NCCNC(=O)Cc3ccc(F)cc3)c2c1C. The number of rotatable bonds is 8. The first kappa shape index (κ1) is 20.7. The fourth-order valence-corrected chi connectivity index (χ4v) is 3.87. The number of halogens is 1. The average molecular weight is 416 g/mol. The summed E-state index contributed by atoms with van der Waals surface area (Å²) >= 11 is 1.27. The molecule has 0 radical (unpaired) electrons. The van der Waals surface area contributed by atoms with Gasteiger partial charge < -0.3 is 15.4 Å². The van der Waals surface area contributed by atoms with Crippen molar-refractivity contribution >= 4 is 39.2 Å². The molecular weight excluding hydrogens is 395 g/mol. The largest absolute Gasteiger partial charge is 0.462 e. The van der Waals surface area contributed by atoms with Gasteiger partial charge in [0.15, 0.2) is 0 Å². The zero-order chi connectivity index (χ0) is 20.8. The summed E-state index contributed by atoms with van der Waals surface area (Å²) in [6.45, 7) is 4.74. The predicted molar refractivity (Wildman–Crippen MR) is 110 cm³/mol. The second-order valence-corrected chi connectivity index (χ2v) is 7.26. The summed E-state index contributed by atoms with van der Waals surface area (Å²) in [7, 11) is 0. The molecule has 0 aliphatic rings. The quantitative estimate of drug-likeness (QED) is 0.433. The Labute approximate surface area is 171 Å². The number of thiophene rings is 1. The first-order valence-electron chi connectivity index (χ1n) is 9.15. The lowest BCUT2D eigenvalue weighted by molar-refractivity contribution is -0.120. The lowest BCUT2D eigenvalue weighted by Crippen LogP contribution is -2.30. The third-order valence-electron chi connectivity index (χ3n) is 4.21. The van der Waals surface area contributed by atoms with Gasteiger partial charge >= 0.3 is 5.97 Å². The molecular formula is C20H21FN4O3S. The van der Waals surface area contributed by atoms with Gasteiger partial charge in [-0.15, -0.1) is 11.3 Å². The first-order valence-corrected chi connectivity index (χ1v) is 9.97. The molecule has 0 saturated heterocycles. The van der Waals surface area contributed by atoms with Crippen LogP contribution in [0.25, 0.3) is 10.2 Å². The topological polar surface area (TPSA) is 93.2 Å². The van der Waals surface area contributed by atoms with Crippen molar-refractivity contribution < 1.29 is 18.7 Å². The summed E-state index contributed by atoms with van der Waals surface area (Å²) in [5, 5.41) is 6.76. The number of fused-ring (bicyclic) bond motifs is 1. The summed E-state index contributed by atoms with van der Waals surface area (Å²) in [4.78, 5) is 33.8. The number of amides is 1. The van der Waals surface area contributed by atoms with E-state index in [0.717, 1.165) is 16.5 Å². The number of carbonyl (C=O) groups is 2. The van der Waals surface area contributed by atoms with Gasteiger partial charge in [0.2, 0.25) is 5.91 Å². The van der Waals surface area contributed by atoms with Gasteiger partial charge in [0.25, 0.3) is 0 Å². The van der Waals surface area contributed by atoms with Gasteiger partial charge in [0.05, 0.1) is 18.4 Å². The Balaban J connectivity index is 1.58. The number of esters is 1. The van der Waals surface area contributed by atoms with Crippen molar-refractivity contribution in [1.29, 1.82) is 0 Å². The van der Waals surface area contributed by atoms with Crippen LogP contribution in [0.5, 0.6) is 0 Å². The van der Waals surface area contributed by atoms with E-state index in [4.69, 9.17) is 4.74 Å². The molecule has 1 amide bonds. The van der Waals surface area contributed by atoms with Crippen molar-refractivity contribution in [2.45, 2.75) is 20.3 Å². The number of nitrogens with one attached hydrogen (secondary N) is 2. The Morgan fingerprint density at radius 3 is 2.66 bits per heavy atom. The van der Waals surface area contributed by atoms with Gasteiger partial charge in [0, 0.05) is 13.1 Å². The van der Waals surface area contributed by atoms with E-state index < -0.39 is 0 Å². The maximum absolute atomic E-state index is 12.9. The molecule has 152 valence electrons. The Morgan fingerprint density at radius 1 is 1.17 bits per heavy atom. The molecule has 9 heteroatoms. The molecule has 1 aromatic carbocycles. The minimum absolute atomic E-state index is 0.150. The number of aryl methyl sites for hydroxylation is 1. The molecule has 0 spiro atoms. The molecule has 2 heterocycles. The zero-order valence-corrected chi connectivity index (χ0v) is 16.9. The van der Waals surface area contributed by atoms with Gasteiger partial charge in [-0.05, 0) is 37.1 Å². The van der Waals surface area contributed by atoms with E-state index in [1.807, 2.05) is 6.92 Å². The van der Waals surface area contributed by atoms with Crippen LogP contribution < -0.4 is 10.6 Å². The first-order chi connectivity index (χ1) is 14.0. The van der Waals surface area contributed by atoms with E-state index >= 15 is 0 Å². The number of anilines is 1. The number of ether oxygens (including phenoxy) is 1. The molecule has 0 saturated carbocycles. The van der Waals surface area contributed by atoms with Crippen LogP contribution in [-0.2, 0) is 16.0 Å². The van der Waals surface area contributed by atoms with Crippen molar-refractivity contribution in [1.82, 2.24) is 15.3 Å². The molecule has 2 N–H and O–H groups in total. The lowest BCUT2D eigenvalue weighted by atomic mass is 10.1. The smallest absolute Gasteiger partial charge is 0.348 e. The van der Waals surface area contributed by atoms with Crippen molar-refractivity contribution in [2.24, 2.45) is 0 Å². The summed E-state index contributed by atoms with van der Waals surface area (Å²) < 4.78 is 18.0. The van der Waals surface area contributed by atoms with Crippen molar-refractivity contribution in [3.63, 3.8) is 0 Å². The maximum Gasteiger partial charge on any atom is 0.348 e. The lowest BCUT2D eigenvalue weighted by Gasteiger charge is -2.09. The van der Waals surface area contributed by atoms with Crippen molar-refractivity contribution in [3.05, 3.63) is 52.4 Å². The molecule has 0 aliphatic carbocycles. The number of hydrogen-bond donors (Lipinski definition) is 2. The predicted octanol–water partition coefficient (Wildman–Crippen LogP) is 3.09. The molecule has 0 aliphatic heterocycles.